The van der Waals surface area contributed by atoms with Gasteiger partial charge >= 0.3 is 0 Å². The van der Waals surface area contributed by atoms with Gasteiger partial charge in [0.25, 0.3) is 0 Å². The zero-order chi connectivity index (χ0) is 15.6. The maximum Gasteiger partial charge on any atom is 0.202 e. The molecule has 0 fully saturated rings. The number of Topliss-reactive ketones (excluding diaryl/α,β-unsaturated/α-hetero) is 1. The van der Waals surface area contributed by atoms with Crippen LogP contribution >= 0.6 is 39.1 Å². The summed E-state index contributed by atoms with van der Waals surface area (Å²) in [6.45, 7) is 1.60. The van der Waals surface area contributed by atoms with Crippen LogP contribution in [0.3, 0.4) is 0 Å². The summed E-state index contributed by atoms with van der Waals surface area (Å²) in [7, 11) is 0. The molecule has 2 aromatic carbocycles. The molecule has 1 atom stereocenters. The minimum absolute atomic E-state index is 0.273. The first kappa shape index (κ1) is 16.3. The van der Waals surface area contributed by atoms with Gasteiger partial charge in [-0.05, 0) is 53.2 Å². The van der Waals surface area contributed by atoms with Crippen LogP contribution in [0.25, 0.3) is 0 Å². The second-order valence-corrected chi connectivity index (χ2v) is 6.00. The molecule has 1 unspecified atom stereocenters. The van der Waals surface area contributed by atoms with Crippen LogP contribution in [0.4, 0.5) is 4.39 Å². The maximum atomic E-state index is 12.9. The van der Waals surface area contributed by atoms with Crippen molar-refractivity contribution in [1.29, 1.82) is 0 Å². The normalized spacial score (nSPS) is 12.0. The van der Waals surface area contributed by atoms with E-state index in [0.29, 0.717) is 25.8 Å². The van der Waals surface area contributed by atoms with Gasteiger partial charge in [0, 0.05) is 16.1 Å². The van der Waals surface area contributed by atoms with Crippen molar-refractivity contribution >= 4 is 44.9 Å². The number of hydrogen-bond donors (Lipinski definition) is 0. The fraction of sp³-hybridized carbons (Fsp3) is 0.133. The molecule has 0 heterocycles. The Morgan fingerprint density at radius 1 is 1.19 bits per heavy atom. The number of benzene rings is 2. The van der Waals surface area contributed by atoms with Gasteiger partial charge < -0.3 is 4.74 Å². The lowest BCUT2D eigenvalue weighted by molar-refractivity contribution is 0.0818. The van der Waals surface area contributed by atoms with Gasteiger partial charge in [0.05, 0.1) is 10.0 Å². The molecule has 21 heavy (non-hydrogen) atoms. The molecule has 2 nitrogen and oxygen atoms in total. The zero-order valence-corrected chi connectivity index (χ0v) is 14.0. The average Bonchev–Trinajstić information content (AvgIpc) is 2.44. The Morgan fingerprint density at radius 2 is 1.81 bits per heavy atom. The SMILES string of the molecule is CC(Oc1cc(Cl)c(Br)cc1Cl)C(=O)c1ccc(F)cc1. The van der Waals surface area contributed by atoms with Gasteiger partial charge in [0.15, 0.2) is 6.10 Å². The predicted octanol–water partition coefficient (Wildman–Crippen LogP) is 5.55. The Hall–Kier alpha value is -1.10. The molecule has 2 rings (SSSR count). The van der Waals surface area contributed by atoms with E-state index in [1.807, 2.05) is 0 Å². The van der Waals surface area contributed by atoms with Crippen LogP contribution in [0.15, 0.2) is 40.9 Å². The van der Waals surface area contributed by atoms with Gasteiger partial charge in [-0.25, -0.2) is 4.39 Å². The van der Waals surface area contributed by atoms with Crippen molar-refractivity contribution in [3.63, 3.8) is 0 Å². The Bertz CT molecular complexity index is 674. The smallest absolute Gasteiger partial charge is 0.202 e. The highest BCUT2D eigenvalue weighted by atomic mass is 79.9. The fourth-order valence-electron chi connectivity index (χ4n) is 1.69. The molecule has 2 aromatic rings. The van der Waals surface area contributed by atoms with Crippen molar-refractivity contribution < 1.29 is 13.9 Å². The Morgan fingerprint density at radius 3 is 2.43 bits per heavy atom. The van der Waals surface area contributed by atoms with E-state index in [2.05, 4.69) is 15.9 Å². The van der Waals surface area contributed by atoms with Gasteiger partial charge in [0.1, 0.15) is 11.6 Å². The molecule has 0 aliphatic carbocycles. The third kappa shape index (κ3) is 3.96. The minimum Gasteiger partial charge on any atom is -0.481 e. The molecule has 0 spiro atoms. The van der Waals surface area contributed by atoms with Crippen LogP contribution in [0.2, 0.25) is 10.0 Å². The molecular weight excluding hydrogens is 382 g/mol. The van der Waals surface area contributed by atoms with E-state index in [-0.39, 0.29) is 5.78 Å². The first-order chi connectivity index (χ1) is 9.88. The van der Waals surface area contributed by atoms with Crippen LogP contribution < -0.4 is 4.74 Å². The maximum absolute atomic E-state index is 12.9. The topological polar surface area (TPSA) is 26.3 Å². The Kier molecular flexibility index (Phi) is 5.25. The summed E-state index contributed by atoms with van der Waals surface area (Å²) >= 11 is 15.3. The number of carbonyl (C=O) groups excluding carboxylic acids is 1. The molecule has 0 aliphatic heterocycles. The predicted molar refractivity (Wildman–Crippen MR) is 85.0 cm³/mol. The van der Waals surface area contributed by atoms with Crippen LogP contribution in [0.1, 0.15) is 17.3 Å². The molecular formula is C15H10BrCl2FO2. The summed E-state index contributed by atoms with van der Waals surface area (Å²) in [5, 5.41) is 0.765. The first-order valence-corrected chi connectivity index (χ1v) is 7.54. The van der Waals surface area contributed by atoms with E-state index in [1.54, 1.807) is 13.0 Å². The molecule has 0 aliphatic rings. The molecule has 0 radical (unpaired) electrons. The van der Waals surface area contributed by atoms with E-state index in [4.69, 9.17) is 27.9 Å². The summed E-state index contributed by atoms with van der Waals surface area (Å²) in [5.74, 6) is -0.360. The Labute approximate surface area is 139 Å². The van der Waals surface area contributed by atoms with E-state index in [0.717, 1.165) is 0 Å². The monoisotopic (exact) mass is 390 g/mol. The highest BCUT2D eigenvalue weighted by molar-refractivity contribution is 9.10. The van der Waals surface area contributed by atoms with Gasteiger partial charge in [-0.1, -0.05) is 23.2 Å². The van der Waals surface area contributed by atoms with Gasteiger partial charge in [-0.15, -0.1) is 0 Å². The molecule has 6 heteroatoms. The highest BCUT2D eigenvalue weighted by Gasteiger charge is 2.19. The summed E-state index contributed by atoms with van der Waals surface area (Å²) in [4.78, 5) is 12.2. The molecule has 0 saturated carbocycles. The van der Waals surface area contributed by atoms with Crippen molar-refractivity contribution in [2.24, 2.45) is 0 Å². The number of hydrogen-bond acceptors (Lipinski definition) is 2. The van der Waals surface area contributed by atoms with Crippen molar-refractivity contribution in [1.82, 2.24) is 0 Å². The molecule has 0 aromatic heterocycles. The van der Waals surface area contributed by atoms with Crippen molar-refractivity contribution in [2.75, 3.05) is 0 Å². The Balaban J connectivity index is 2.18. The highest BCUT2D eigenvalue weighted by Crippen LogP contribution is 2.34. The van der Waals surface area contributed by atoms with Crippen LogP contribution in [0, 0.1) is 5.82 Å². The molecule has 110 valence electrons. The number of rotatable bonds is 4. The van der Waals surface area contributed by atoms with E-state index < -0.39 is 11.9 Å². The quantitative estimate of drug-likeness (QED) is 0.504. The lowest BCUT2D eigenvalue weighted by Gasteiger charge is -2.15. The largest absolute Gasteiger partial charge is 0.481 e. The number of ketones is 1. The van der Waals surface area contributed by atoms with E-state index in [1.165, 1.54) is 30.3 Å². The van der Waals surface area contributed by atoms with Gasteiger partial charge in [0.2, 0.25) is 5.78 Å². The standard InChI is InChI=1S/C15H10BrCl2FO2/c1-8(15(20)9-2-4-10(19)5-3-9)21-14-7-12(17)11(16)6-13(14)18/h2-8H,1H3. The number of carbonyl (C=O) groups is 1. The van der Waals surface area contributed by atoms with Gasteiger partial charge in [-0.3, -0.25) is 4.79 Å². The van der Waals surface area contributed by atoms with Crippen LogP contribution in [0.5, 0.6) is 5.75 Å². The third-order valence-corrected chi connectivity index (χ3v) is 4.27. The lowest BCUT2D eigenvalue weighted by atomic mass is 10.1. The summed E-state index contributed by atoms with van der Waals surface area (Å²) in [6.07, 6.45) is -0.773. The van der Waals surface area contributed by atoms with Crippen LogP contribution in [-0.2, 0) is 0 Å². The summed E-state index contributed by atoms with van der Waals surface area (Å²) in [5.41, 5.74) is 0.364. The second-order valence-electron chi connectivity index (χ2n) is 4.33. The molecule has 0 bridgehead atoms. The molecule has 0 N–H and O–H groups in total. The molecule has 0 saturated heterocycles. The number of ether oxygens (including phenoxy) is 1. The van der Waals surface area contributed by atoms with Crippen molar-refractivity contribution in [3.05, 3.63) is 62.3 Å². The van der Waals surface area contributed by atoms with Crippen molar-refractivity contribution in [3.8, 4) is 5.75 Å². The average molecular weight is 392 g/mol. The third-order valence-electron chi connectivity index (χ3n) is 2.78. The van der Waals surface area contributed by atoms with Gasteiger partial charge in [-0.2, -0.15) is 0 Å². The fourth-order valence-corrected chi connectivity index (χ4v) is 2.52. The lowest BCUT2D eigenvalue weighted by Crippen LogP contribution is -2.24. The second kappa shape index (κ2) is 6.77. The van der Waals surface area contributed by atoms with Crippen LogP contribution in [-0.4, -0.2) is 11.9 Å². The van der Waals surface area contributed by atoms with E-state index in [9.17, 15) is 9.18 Å². The molecule has 0 amide bonds. The minimum atomic E-state index is -0.773. The number of halogens is 4. The summed E-state index contributed by atoms with van der Waals surface area (Å²) < 4.78 is 19.0. The zero-order valence-electron chi connectivity index (χ0n) is 10.9. The van der Waals surface area contributed by atoms with E-state index >= 15 is 0 Å². The summed E-state index contributed by atoms with van der Waals surface area (Å²) in [6, 6.07) is 8.39. The first-order valence-electron chi connectivity index (χ1n) is 5.99. The van der Waals surface area contributed by atoms with Crippen molar-refractivity contribution in [2.45, 2.75) is 13.0 Å².